The Kier molecular flexibility index (Phi) is 5.97. The zero-order valence-electron chi connectivity index (χ0n) is 21.7. The van der Waals surface area contributed by atoms with Crippen molar-refractivity contribution in [1.29, 1.82) is 0 Å². The Labute approximate surface area is 204 Å². The number of hydrogen-bond acceptors (Lipinski definition) is 3. The van der Waals surface area contributed by atoms with Crippen LogP contribution in [0.15, 0.2) is 73.1 Å². The van der Waals surface area contributed by atoms with Crippen molar-refractivity contribution in [3.63, 3.8) is 0 Å². The van der Waals surface area contributed by atoms with Gasteiger partial charge in [-0.3, -0.25) is 9.97 Å². The van der Waals surface area contributed by atoms with Gasteiger partial charge in [-0.2, -0.15) is 5.10 Å². The number of rotatable bonds is 4. The van der Waals surface area contributed by atoms with Gasteiger partial charge < -0.3 is 0 Å². The summed E-state index contributed by atoms with van der Waals surface area (Å²) in [6.45, 7) is 17.6. The van der Waals surface area contributed by atoms with Crippen LogP contribution in [0.25, 0.3) is 16.9 Å². The number of hydrogen-bond donors (Lipinski definition) is 0. The fraction of sp³-hybridized carbons (Fsp3) is 0.367. The van der Waals surface area contributed by atoms with Crippen molar-refractivity contribution in [3.05, 3.63) is 95.7 Å². The van der Waals surface area contributed by atoms with Gasteiger partial charge in [-0.05, 0) is 61.2 Å². The van der Waals surface area contributed by atoms with Crippen LogP contribution in [0.3, 0.4) is 0 Å². The molecule has 0 atom stereocenters. The van der Waals surface area contributed by atoms with Crippen LogP contribution in [0.2, 0.25) is 0 Å². The topological polar surface area (TPSA) is 43.6 Å². The molecular weight excluding hydrogens is 416 g/mol. The number of benzene rings is 1. The van der Waals surface area contributed by atoms with Crippen LogP contribution in [0.4, 0.5) is 0 Å². The zero-order valence-corrected chi connectivity index (χ0v) is 21.7. The lowest BCUT2D eigenvalue weighted by atomic mass is 9.84. The highest BCUT2D eigenvalue weighted by Crippen LogP contribution is 2.32. The van der Waals surface area contributed by atoms with Gasteiger partial charge in [-0.15, -0.1) is 0 Å². The fourth-order valence-corrected chi connectivity index (χ4v) is 3.99. The molecule has 0 aliphatic heterocycles. The predicted molar refractivity (Wildman–Crippen MR) is 141 cm³/mol. The average Bonchev–Trinajstić information content (AvgIpc) is 3.30. The van der Waals surface area contributed by atoms with Gasteiger partial charge in [0.15, 0.2) is 0 Å². The second-order valence-electron chi connectivity index (χ2n) is 11.7. The highest BCUT2D eigenvalue weighted by Gasteiger charge is 2.28. The van der Waals surface area contributed by atoms with E-state index in [4.69, 9.17) is 10.1 Å². The quantitative estimate of drug-likeness (QED) is 0.327. The molecule has 0 aliphatic carbocycles. The Morgan fingerprint density at radius 2 is 1.41 bits per heavy atom. The Morgan fingerprint density at radius 1 is 0.676 bits per heavy atom. The molecule has 4 heteroatoms. The summed E-state index contributed by atoms with van der Waals surface area (Å²) in [4.78, 5) is 9.63. The highest BCUT2D eigenvalue weighted by molar-refractivity contribution is 5.61. The monoisotopic (exact) mass is 452 g/mol. The molecule has 4 nitrogen and oxygen atoms in total. The van der Waals surface area contributed by atoms with Gasteiger partial charge in [0.2, 0.25) is 0 Å². The summed E-state index contributed by atoms with van der Waals surface area (Å²) in [6, 6.07) is 21.2. The van der Waals surface area contributed by atoms with Gasteiger partial charge >= 0.3 is 0 Å². The molecule has 0 aliphatic rings. The Morgan fingerprint density at radius 3 is 2.12 bits per heavy atom. The highest BCUT2D eigenvalue weighted by atomic mass is 15.3. The third-order valence-electron chi connectivity index (χ3n) is 6.42. The van der Waals surface area contributed by atoms with Gasteiger partial charge in [0.1, 0.15) is 0 Å². The van der Waals surface area contributed by atoms with Gasteiger partial charge in [-0.1, -0.05) is 65.8 Å². The van der Waals surface area contributed by atoms with Gasteiger partial charge in [-0.25, -0.2) is 4.68 Å². The minimum Gasteiger partial charge on any atom is -0.261 e. The molecule has 0 bridgehead atoms. The van der Waals surface area contributed by atoms with Crippen molar-refractivity contribution in [3.8, 4) is 16.9 Å². The van der Waals surface area contributed by atoms with Crippen LogP contribution in [0, 0.1) is 0 Å². The third kappa shape index (κ3) is 4.82. The van der Waals surface area contributed by atoms with E-state index in [-0.39, 0.29) is 16.2 Å². The number of nitrogens with zero attached hydrogens (tertiary/aromatic N) is 4. The Bertz CT molecular complexity index is 1300. The van der Waals surface area contributed by atoms with E-state index in [1.54, 1.807) is 0 Å². The van der Waals surface area contributed by atoms with Crippen LogP contribution in [-0.4, -0.2) is 19.7 Å². The van der Waals surface area contributed by atoms with E-state index in [1.807, 2.05) is 23.1 Å². The van der Waals surface area contributed by atoms with E-state index in [0.29, 0.717) is 0 Å². The average molecular weight is 453 g/mol. The molecule has 0 amide bonds. The second-order valence-corrected chi connectivity index (χ2v) is 11.7. The summed E-state index contributed by atoms with van der Waals surface area (Å²) >= 11 is 0. The second kappa shape index (κ2) is 8.50. The minimum absolute atomic E-state index is 0.0140. The van der Waals surface area contributed by atoms with E-state index in [2.05, 4.69) is 115 Å². The summed E-state index contributed by atoms with van der Waals surface area (Å²) in [6.07, 6.45) is 3.88. The smallest absolute Gasteiger partial charge is 0.0744 e. The lowest BCUT2D eigenvalue weighted by Crippen LogP contribution is -2.22. The van der Waals surface area contributed by atoms with E-state index >= 15 is 0 Å². The van der Waals surface area contributed by atoms with Crippen molar-refractivity contribution in [1.82, 2.24) is 19.7 Å². The zero-order chi connectivity index (χ0) is 24.7. The molecule has 0 saturated heterocycles. The van der Waals surface area contributed by atoms with Crippen LogP contribution in [-0.2, 0) is 16.2 Å². The maximum absolute atomic E-state index is 5.08. The maximum Gasteiger partial charge on any atom is 0.0744 e. The molecule has 0 saturated carbocycles. The largest absolute Gasteiger partial charge is 0.261 e. The first-order chi connectivity index (χ1) is 15.9. The fourth-order valence-electron chi connectivity index (χ4n) is 3.99. The normalized spacial score (nSPS) is 12.7. The summed E-state index contributed by atoms with van der Waals surface area (Å²) in [5.74, 6) is 0. The molecule has 3 heterocycles. The molecule has 4 rings (SSSR count). The van der Waals surface area contributed by atoms with Crippen molar-refractivity contribution in [2.24, 2.45) is 0 Å². The number of pyridine rings is 2. The standard InChI is InChI=1S/C30H36N4/c1-28(2,3)22-12-9-11-21(19-22)24-13-10-14-25(32-24)30(7,8)26-16-18-34(33-26)23-15-17-31-27(20-23)29(4,5)6/h9-20H,1-8H3. The molecule has 0 radical (unpaired) electrons. The van der Waals surface area contributed by atoms with Crippen molar-refractivity contribution in [2.75, 3.05) is 0 Å². The molecule has 34 heavy (non-hydrogen) atoms. The van der Waals surface area contributed by atoms with Crippen molar-refractivity contribution in [2.45, 2.75) is 71.6 Å². The van der Waals surface area contributed by atoms with Crippen molar-refractivity contribution < 1.29 is 0 Å². The van der Waals surface area contributed by atoms with E-state index < -0.39 is 0 Å². The van der Waals surface area contributed by atoms with Crippen LogP contribution in [0.1, 0.15) is 78.0 Å². The predicted octanol–water partition coefficient (Wildman–Crippen LogP) is 7.25. The summed E-state index contributed by atoms with van der Waals surface area (Å²) in [5.41, 5.74) is 7.22. The van der Waals surface area contributed by atoms with Crippen molar-refractivity contribution >= 4 is 0 Å². The summed E-state index contributed by atoms with van der Waals surface area (Å²) in [7, 11) is 0. The van der Waals surface area contributed by atoms with E-state index in [1.165, 1.54) is 5.56 Å². The molecule has 1 aromatic carbocycles. The molecule has 0 N–H and O–H groups in total. The van der Waals surface area contributed by atoms with E-state index in [9.17, 15) is 0 Å². The molecule has 0 unspecified atom stereocenters. The van der Waals surface area contributed by atoms with E-state index in [0.717, 1.165) is 34.0 Å². The number of aromatic nitrogens is 4. The molecule has 176 valence electrons. The first kappa shape index (κ1) is 23.9. The van der Waals surface area contributed by atoms with Crippen LogP contribution < -0.4 is 0 Å². The molecule has 0 fully saturated rings. The van der Waals surface area contributed by atoms with Gasteiger partial charge in [0, 0.05) is 29.1 Å². The summed E-state index contributed by atoms with van der Waals surface area (Å²) in [5, 5.41) is 4.95. The SMILES string of the molecule is CC(C)(C)c1cccc(-c2cccc(C(C)(C)c3ccn(-c4ccnc(C(C)(C)C)c4)n3)n2)c1. The maximum atomic E-state index is 5.08. The lowest BCUT2D eigenvalue weighted by molar-refractivity contribution is 0.566. The molecule has 3 aromatic heterocycles. The molecular formula is C30H36N4. The third-order valence-corrected chi connectivity index (χ3v) is 6.42. The summed E-state index contributed by atoms with van der Waals surface area (Å²) < 4.78 is 1.94. The lowest BCUT2D eigenvalue weighted by Gasteiger charge is -2.23. The first-order valence-corrected chi connectivity index (χ1v) is 12.0. The molecule has 4 aromatic rings. The Hall–Kier alpha value is -3.27. The Balaban J connectivity index is 1.68. The van der Waals surface area contributed by atoms with Crippen LogP contribution in [0.5, 0.6) is 0 Å². The van der Waals surface area contributed by atoms with Gasteiger partial charge in [0.25, 0.3) is 0 Å². The van der Waals surface area contributed by atoms with Gasteiger partial charge in [0.05, 0.1) is 28.2 Å². The molecule has 0 spiro atoms. The first-order valence-electron chi connectivity index (χ1n) is 12.0. The van der Waals surface area contributed by atoms with Crippen LogP contribution >= 0.6 is 0 Å². The minimum atomic E-state index is -0.344.